The summed E-state index contributed by atoms with van der Waals surface area (Å²) < 4.78 is 17.1. The largest absolute Gasteiger partial charge is 0.441 e. The van der Waals surface area contributed by atoms with Crippen LogP contribution in [0.1, 0.15) is 12.8 Å². The fraction of sp³-hybridized carbons (Fsp3) is 0.429. The minimum atomic E-state index is -0.542. The third-order valence-corrected chi connectivity index (χ3v) is 5.57. The van der Waals surface area contributed by atoms with Crippen molar-refractivity contribution in [2.75, 3.05) is 18.5 Å². The summed E-state index contributed by atoms with van der Waals surface area (Å²) in [4.78, 5) is 24.4. The number of hydrogen-bond donors (Lipinski definition) is 2. The van der Waals surface area contributed by atoms with E-state index in [0.29, 0.717) is 12.3 Å². The Morgan fingerprint density at radius 1 is 0.964 bits per heavy atom. The highest BCUT2D eigenvalue weighted by Gasteiger charge is 2.50. The fourth-order valence-corrected chi connectivity index (χ4v) is 3.95. The summed E-state index contributed by atoms with van der Waals surface area (Å²) in [7, 11) is 0. The summed E-state index contributed by atoms with van der Waals surface area (Å²) in [5, 5.41) is 7.80. The first-order valence-corrected chi connectivity index (χ1v) is 9.68. The SMILES string of the molecule is O=C(Nc1cccc2ccccc12)O[C@H]1CO[C@@H]2[C@@H]1OC[C@@H]2NC(=O)C1CC1. The lowest BCUT2D eigenvalue weighted by Gasteiger charge is -2.18. The second-order valence-corrected chi connectivity index (χ2v) is 7.58. The quantitative estimate of drug-likeness (QED) is 0.848. The molecule has 3 aliphatic rings. The maximum Gasteiger partial charge on any atom is 0.412 e. The van der Waals surface area contributed by atoms with E-state index in [-0.39, 0.29) is 36.7 Å². The lowest BCUT2D eigenvalue weighted by atomic mass is 10.1. The van der Waals surface area contributed by atoms with Gasteiger partial charge < -0.3 is 19.5 Å². The van der Waals surface area contributed by atoms with Crippen LogP contribution < -0.4 is 10.6 Å². The van der Waals surface area contributed by atoms with E-state index < -0.39 is 12.2 Å². The first-order chi connectivity index (χ1) is 13.7. The second-order valence-electron chi connectivity index (χ2n) is 7.58. The normalized spacial score (nSPS) is 28.7. The summed E-state index contributed by atoms with van der Waals surface area (Å²) in [6.45, 7) is 0.632. The first kappa shape index (κ1) is 17.5. The Balaban J connectivity index is 1.21. The molecule has 7 nitrogen and oxygen atoms in total. The van der Waals surface area contributed by atoms with Crippen LogP contribution in [0.25, 0.3) is 10.8 Å². The van der Waals surface area contributed by atoms with Gasteiger partial charge in [0.15, 0.2) is 6.10 Å². The van der Waals surface area contributed by atoms with E-state index in [0.717, 1.165) is 23.6 Å². The van der Waals surface area contributed by atoms with Gasteiger partial charge in [-0.1, -0.05) is 36.4 Å². The molecule has 2 aromatic carbocycles. The maximum atomic E-state index is 12.4. The van der Waals surface area contributed by atoms with Crippen LogP contribution in [0, 0.1) is 5.92 Å². The molecular formula is C21H22N2O5. The van der Waals surface area contributed by atoms with E-state index in [2.05, 4.69) is 10.6 Å². The van der Waals surface area contributed by atoms with E-state index >= 15 is 0 Å². The average Bonchev–Trinajstić information content (AvgIpc) is 3.38. The molecule has 2 aliphatic heterocycles. The van der Waals surface area contributed by atoms with E-state index in [1.165, 1.54) is 0 Å². The van der Waals surface area contributed by atoms with Gasteiger partial charge in [-0.25, -0.2) is 4.79 Å². The number of rotatable bonds is 4. The third kappa shape index (κ3) is 3.31. The topological polar surface area (TPSA) is 85.9 Å². The zero-order valence-corrected chi connectivity index (χ0v) is 15.3. The van der Waals surface area contributed by atoms with Crippen molar-refractivity contribution in [2.24, 2.45) is 5.92 Å². The smallest absolute Gasteiger partial charge is 0.412 e. The molecule has 28 heavy (non-hydrogen) atoms. The number of anilines is 1. The molecule has 2 N–H and O–H groups in total. The minimum Gasteiger partial charge on any atom is -0.441 e. The van der Waals surface area contributed by atoms with Crippen molar-refractivity contribution >= 4 is 28.5 Å². The van der Waals surface area contributed by atoms with Crippen LogP contribution in [0.15, 0.2) is 42.5 Å². The van der Waals surface area contributed by atoms with Gasteiger partial charge in [0.1, 0.15) is 12.2 Å². The van der Waals surface area contributed by atoms with Gasteiger partial charge in [0, 0.05) is 11.3 Å². The van der Waals surface area contributed by atoms with Crippen molar-refractivity contribution in [3.8, 4) is 0 Å². The maximum absolute atomic E-state index is 12.4. The van der Waals surface area contributed by atoms with Gasteiger partial charge in [0.05, 0.1) is 24.9 Å². The summed E-state index contributed by atoms with van der Waals surface area (Å²) in [5.74, 6) is 0.204. The van der Waals surface area contributed by atoms with Crippen molar-refractivity contribution in [3.63, 3.8) is 0 Å². The highest BCUT2D eigenvalue weighted by molar-refractivity contribution is 6.00. The van der Waals surface area contributed by atoms with Crippen LogP contribution >= 0.6 is 0 Å². The van der Waals surface area contributed by atoms with Crippen LogP contribution in [-0.2, 0) is 19.0 Å². The Kier molecular flexibility index (Phi) is 4.41. The average molecular weight is 382 g/mol. The van der Waals surface area contributed by atoms with Crippen LogP contribution in [0.5, 0.6) is 0 Å². The lowest BCUT2D eigenvalue weighted by molar-refractivity contribution is -0.123. The Hall–Kier alpha value is -2.64. The predicted molar refractivity (Wildman–Crippen MR) is 102 cm³/mol. The summed E-state index contributed by atoms with van der Waals surface area (Å²) >= 11 is 0. The Bertz CT molecular complexity index is 907. The minimum absolute atomic E-state index is 0.0657. The molecule has 5 rings (SSSR count). The third-order valence-electron chi connectivity index (χ3n) is 5.57. The molecule has 2 heterocycles. The number of carbonyl (C=O) groups excluding carboxylic acids is 2. The lowest BCUT2D eigenvalue weighted by Crippen LogP contribution is -2.45. The highest BCUT2D eigenvalue weighted by atomic mass is 16.6. The van der Waals surface area contributed by atoms with E-state index in [1.54, 1.807) is 0 Å². The molecule has 1 aliphatic carbocycles. The Labute approximate surface area is 162 Å². The number of amides is 2. The van der Waals surface area contributed by atoms with Crippen molar-refractivity contribution in [1.82, 2.24) is 5.32 Å². The molecule has 3 fully saturated rings. The Morgan fingerprint density at radius 3 is 2.61 bits per heavy atom. The predicted octanol–water partition coefficient (Wildman–Crippen LogP) is 2.45. The zero-order valence-electron chi connectivity index (χ0n) is 15.3. The highest BCUT2D eigenvalue weighted by Crippen LogP contribution is 2.32. The molecule has 4 atom stereocenters. The van der Waals surface area contributed by atoms with E-state index in [9.17, 15) is 9.59 Å². The molecule has 0 radical (unpaired) electrons. The number of fused-ring (bicyclic) bond motifs is 2. The number of benzene rings is 2. The van der Waals surface area contributed by atoms with Crippen LogP contribution in [0.4, 0.5) is 10.5 Å². The van der Waals surface area contributed by atoms with Gasteiger partial charge in [-0.2, -0.15) is 0 Å². The van der Waals surface area contributed by atoms with Crippen LogP contribution in [0.3, 0.4) is 0 Å². The van der Waals surface area contributed by atoms with E-state index in [4.69, 9.17) is 14.2 Å². The molecular weight excluding hydrogens is 360 g/mol. The first-order valence-electron chi connectivity index (χ1n) is 9.68. The molecule has 0 spiro atoms. The molecule has 2 aromatic rings. The summed E-state index contributed by atoms with van der Waals surface area (Å²) in [6, 6.07) is 13.4. The summed E-state index contributed by atoms with van der Waals surface area (Å²) in [5.41, 5.74) is 0.695. The van der Waals surface area contributed by atoms with Crippen molar-refractivity contribution in [1.29, 1.82) is 0 Å². The molecule has 2 amide bonds. The Morgan fingerprint density at radius 2 is 1.75 bits per heavy atom. The van der Waals surface area contributed by atoms with Gasteiger partial charge in [0.25, 0.3) is 0 Å². The molecule has 1 saturated carbocycles. The van der Waals surface area contributed by atoms with Crippen LogP contribution in [-0.4, -0.2) is 49.6 Å². The summed E-state index contributed by atoms with van der Waals surface area (Å²) in [6.07, 6.45) is 0.228. The van der Waals surface area contributed by atoms with Crippen molar-refractivity contribution < 1.29 is 23.8 Å². The van der Waals surface area contributed by atoms with Gasteiger partial charge in [-0.15, -0.1) is 0 Å². The van der Waals surface area contributed by atoms with Crippen molar-refractivity contribution in [2.45, 2.75) is 37.2 Å². The van der Waals surface area contributed by atoms with Crippen molar-refractivity contribution in [3.05, 3.63) is 42.5 Å². The van der Waals surface area contributed by atoms with Crippen LogP contribution in [0.2, 0.25) is 0 Å². The number of ether oxygens (including phenoxy) is 3. The second kappa shape index (κ2) is 7.07. The van der Waals surface area contributed by atoms with Gasteiger partial charge in [0.2, 0.25) is 5.91 Å². The standard InChI is InChI=1S/C21H22N2O5/c24-20(13-8-9-13)22-16-10-26-19-17(11-27-18(16)19)28-21(25)23-15-7-3-5-12-4-1-2-6-14(12)15/h1-7,13,16-19H,8-11H2,(H,22,24)(H,23,25)/t16-,17-,18-,19+/m0/s1. The van der Waals surface area contributed by atoms with Gasteiger partial charge in [-0.05, 0) is 24.3 Å². The molecule has 7 heteroatoms. The van der Waals surface area contributed by atoms with E-state index in [1.807, 2.05) is 42.5 Å². The number of hydrogen-bond acceptors (Lipinski definition) is 5. The molecule has 0 aromatic heterocycles. The molecule has 146 valence electrons. The monoisotopic (exact) mass is 382 g/mol. The van der Waals surface area contributed by atoms with Gasteiger partial charge >= 0.3 is 6.09 Å². The number of carbonyl (C=O) groups is 2. The zero-order chi connectivity index (χ0) is 19.1. The molecule has 0 bridgehead atoms. The van der Waals surface area contributed by atoms with Gasteiger partial charge in [-0.3, -0.25) is 10.1 Å². The molecule has 2 saturated heterocycles. The number of nitrogens with one attached hydrogen (secondary N) is 2. The fourth-order valence-electron chi connectivity index (χ4n) is 3.95. The molecule has 0 unspecified atom stereocenters.